The predicted molar refractivity (Wildman–Crippen MR) is 42.7 cm³/mol. The third-order valence-electron chi connectivity index (χ3n) is 1.51. The lowest BCUT2D eigenvalue weighted by Crippen LogP contribution is -1.96. The smallest absolute Gasteiger partial charge is 0.0535 e. The number of anilines is 1. The molecule has 1 rings (SSSR count). The van der Waals surface area contributed by atoms with Gasteiger partial charge in [-0.2, -0.15) is 0 Å². The molecular weight excluding hydrogens is 124 g/mol. The van der Waals surface area contributed by atoms with Crippen LogP contribution in [0.2, 0.25) is 0 Å². The van der Waals surface area contributed by atoms with Gasteiger partial charge in [-0.05, 0) is 17.5 Å². The molecule has 1 aromatic rings. The first kappa shape index (κ1) is 7.06. The summed E-state index contributed by atoms with van der Waals surface area (Å²) in [5.41, 5.74) is 7.62. The number of hydrogen-bond acceptors (Lipinski definition) is 2. The molecular formula is C8H12N2. The van der Waals surface area contributed by atoms with Crippen LogP contribution in [0.5, 0.6) is 0 Å². The van der Waals surface area contributed by atoms with Crippen LogP contribution in [-0.2, 0) is 0 Å². The van der Waals surface area contributed by atoms with Crippen molar-refractivity contribution in [2.75, 3.05) is 5.73 Å². The second kappa shape index (κ2) is 2.69. The minimum absolute atomic E-state index is 0.489. The number of rotatable bonds is 1. The van der Waals surface area contributed by atoms with E-state index in [0.29, 0.717) is 5.92 Å². The Labute approximate surface area is 61.1 Å². The van der Waals surface area contributed by atoms with Crippen molar-refractivity contribution in [1.29, 1.82) is 0 Å². The minimum Gasteiger partial charge on any atom is -0.397 e. The first-order chi connectivity index (χ1) is 4.72. The molecule has 2 heteroatoms. The highest BCUT2D eigenvalue weighted by Crippen LogP contribution is 2.18. The van der Waals surface area contributed by atoms with Crippen molar-refractivity contribution in [1.82, 2.24) is 4.98 Å². The van der Waals surface area contributed by atoms with Crippen molar-refractivity contribution in [2.45, 2.75) is 19.8 Å². The van der Waals surface area contributed by atoms with Gasteiger partial charge < -0.3 is 5.73 Å². The topological polar surface area (TPSA) is 38.9 Å². The van der Waals surface area contributed by atoms with E-state index >= 15 is 0 Å². The van der Waals surface area contributed by atoms with Gasteiger partial charge in [0, 0.05) is 6.20 Å². The third kappa shape index (κ3) is 1.26. The van der Waals surface area contributed by atoms with Gasteiger partial charge in [0.15, 0.2) is 0 Å². The molecule has 1 aromatic heterocycles. The van der Waals surface area contributed by atoms with Crippen molar-refractivity contribution in [3.8, 4) is 0 Å². The maximum Gasteiger partial charge on any atom is 0.0535 e. The van der Waals surface area contributed by atoms with E-state index < -0.39 is 0 Å². The molecule has 1 heterocycles. The highest BCUT2D eigenvalue weighted by Gasteiger charge is 2.01. The zero-order chi connectivity index (χ0) is 7.56. The van der Waals surface area contributed by atoms with E-state index in [1.807, 2.05) is 6.07 Å². The second-order valence-corrected chi connectivity index (χ2v) is 2.66. The van der Waals surface area contributed by atoms with Crippen molar-refractivity contribution < 1.29 is 0 Å². The molecule has 0 aliphatic carbocycles. The third-order valence-corrected chi connectivity index (χ3v) is 1.51. The molecule has 0 radical (unpaired) electrons. The predicted octanol–water partition coefficient (Wildman–Crippen LogP) is 1.79. The lowest BCUT2D eigenvalue weighted by molar-refractivity contribution is 0.866. The molecule has 0 saturated heterocycles. The Hall–Kier alpha value is -1.05. The first-order valence-electron chi connectivity index (χ1n) is 3.41. The number of aromatic nitrogens is 1. The zero-order valence-corrected chi connectivity index (χ0v) is 6.33. The molecule has 0 aliphatic heterocycles. The summed E-state index contributed by atoms with van der Waals surface area (Å²) in [6.45, 7) is 4.23. The van der Waals surface area contributed by atoms with Crippen LogP contribution in [0.4, 0.5) is 5.69 Å². The van der Waals surface area contributed by atoms with Crippen LogP contribution in [0, 0.1) is 0 Å². The first-order valence-corrected chi connectivity index (χ1v) is 3.41. The molecule has 0 aromatic carbocycles. The Morgan fingerprint density at radius 3 is 2.60 bits per heavy atom. The molecule has 10 heavy (non-hydrogen) atoms. The summed E-state index contributed by atoms with van der Waals surface area (Å²) in [5, 5.41) is 0. The maximum absolute atomic E-state index is 5.66. The summed E-state index contributed by atoms with van der Waals surface area (Å²) < 4.78 is 0. The Bertz CT molecular complexity index is 218. The number of nitrogens with zero attached hydrogens (tertiary/aromatic N) is 1. The monoisotopic (exact) mass is 136 g/mol. The highest BCUT2D eigenvalue weighted by molar-refractivity contribution is 5.45. The van der Waals surface area contributed by atoms with Gasteiger partial charge in [-0.25, -0.2) is 0 Å². The Morgan fingerprint density at radius 2 is 2.20 bits per heavy atom. The lowest BCUT2D eigenvalue weighted by atomic mass is 10.0. The zero-order valence-electron chi connectivity index (χ0n) is 6.33. The van der Waals surface area contributed by atoms with Crippen LogP contribution >= 0.6 is 0 Å². The van der Waals surface area contributed by atoms with Crippen LogP contribution in [0.25, 0.3) is 0 Å². The Balaban J connectivity index is 3.03. The number of nitrogen functional groups attached to an aromatic ring is 1. The summed E-state index contributed by atoms with van der Waals surface area (Å²) in [6, 6.07) is 1.96. The fourth-order valence-corrected chi connectivity index (χ4v) is 0.943. The van der Waals surface area contributed by atoms with Gasteiger partial charge in [0.25, 0.3) is 0 Å². The van der Waals surface area contributed by atoms with E-state index in [1.165, 1.54) is 5.56 Å². The van der Waals surface area contributed by atoms with Crippen molar-refractivity contribution >= 4 is 5.69 Å². The van der Waals surface area contributed by atoms with E-state index in [1.54, 1.807) is 12.4 Å². The normalized spacial score (nSPS) is 10.3. The van der Waals surface area contributed by atoms with Gasteiger partial charge >= 0.3 is 0 Å². The van der Waals surface area contributed by atoms with Crippen molar-refractivity contribution in [2.24, 2.45) is 0 Å². The fourth-order valence-electron chi connectivity index (χ4n) is 0.943. The minimum atomic E-state index is 0.489. The van der Waals surface area contributed by atoms with Gasteiger partial charge in [0.1, 0.15) is 0 Å². The number of pyridine rings is 1. The van der Waals surface area contributed by atoms with Crippen LogP contribution in [0.15, 0.2) is 18.5 Å². The van der Waals surface area contributed by atoms with Crippen LogP contribution in [-0.4, -0.2) is 4.98 Å². The lowest BCUT2D eigenvalue weighted by Gasteiger charge is -2.06. The Kier molecular flexibility index (Phi) is 1.90. The fraction of sp³-hybridized carbons (Fsp3) is 0.375. The SMILES string of the molecule is CC(C)c1ccncc1N. The van der Waals surface area contributed by atoms with E-state index in [2.05, 4.69) is 18.8 Å². The van der Waals surface area contributed by atoms with Gasteiger partial charge in [-0.3, -0.25) is 4.98 Å². The molecule has 0 unspecified atom stereocenters. The molecule has 0 saturated carbocycles. The Morgan fingerprint density at radius 1 is 1.50 bits per heavy atom. The van der Waals surface area contributed by atoms with E-state index in [4.69, 9.17) is 5.73 Å². The van der Waals surface area contributed by atoms with Gasteiger partial charge in [-0.15, -0.1) is 0 Å². The molecule has 2 nitrogen and oxygen atoms in total. The summed E-state index contributed by atoms with van der Waals surface area (Å²) >= 11 is 0. The number of hydrogen-bond donors (Lipinski definition) is 1. The molecule has 0 spiro atoms. The van der Waals surface area contributed by atoms with Crippen molar-refractivity contribution in [3.63, 3.8) is 0 Å². The van der Waals surface area contributed by atoms with E-state index in [0.717, 1.165) is 5.69 Å². The van der Waals surface area contributed by atoms with E-state index in [-0.39, 0.29) is 0 Å². The summed E-state index contributed by atoms with van der Waals surface area (Å²) in [6.07, 6.45) is 3.46. The quantitative estimate of drug-likeness (QED) is 0.639. The molecule has 0 atom stereocenters. The van der Waals surface area contributed by atoms with Crippen LogP contribution in [0.1, 0.15) is 25.3 Å². The molecule has 0 amide bonds. The van der Waals surface area contributed by atoms with Crippen LogP contribution in [0.3, 0.4) is 0 Å². The van der Waals surface area contributed by atoms with Crippen LogP contribution < -0.4 is 5.73 Å². The molecule has 0 bridgehead atoms. The summed E-state index contributed by atoms with van der Waals surface area (Å²) in [4.78, 5) is 3.90. The molecule has 54 valence electrons. The number of nitrogens with two attached hydrogens (primary N) is 1. The molecule has 0 fully saturated rings. The van der Waals surface area contributed by atoms with E-state index in [9.17, 15) is 0 Å². The average molecular weight is 136 g/mol. The molecule has 0 aliphatic rings. The second-order valence-electron chi connectivity index (χ2n) is 2.66. The van der Waals surface area contributed by atoms with Gasteiger partial charge in [0.2, 0.25) is 0 Å². The largest absolute Gasteiger partial charge is 0.397 e. The molecule has 2 N–H and O–H groups in total. The summed E-state index contributed by atoms with van der Waals surface area (Å²) in [5.74, 6) is 0.489. The maximum atomic E-state index is 5.66. The van der Waals surface area contributed by atoms with Crippen molar-refractivity contribution in [3.05, 3.63) is 24.0 Å². The van der Waals surface area contributed by atoms with Gasteiger partial charge in [0.05, 0.1) is 11.9 Å². The standard InChI is InChI=1S/C8H12N2/c1-6(2)7-3-4-10-5-8(7)9/h3-6H,9H2,1-2H3. The summed E-state index contributed by atoms with van der Waals surface area (Å²) in [7, 11) is 0. The highest BCUT2D eigenvalue weighted by atomic mass is 14.7. The average Bonchev–Trinajstić information content (AvgIpc) is 1.88. The van der Waals surface area contributed by atoms with Gasteiger partial charge in [-0.1, -0.05) is 13.8 Å².